The van der Waals surface area contributed by atoms with Crippen LogP contribution in [-0.2, 0) is 0 Å². The molecule has 1 aliphatic heterocycles. The van der Waals surface area contributed by atoms with Crippen molar-refractivity contribution in [3.63, 3.8) is 0 Å². The van der Waals surface area contributed by atoms with Crippen LogP contribution in [0.15, 0.2) is 12.3 Å². The summed E-state index contributed by atoms with van der Waals surface area (Å²) in [6.07, 6.45) is 1.58. The number of rotatable bonds is 5. The number of likely N-dealkylation sites (N-methyl/N-ethyl adjacent to an activating group) is 1. The summed E-state index contributed by atoms with van der Waals surface area (Å²) in [6, 6.07) is 1.75. The summed E-state index contributed by atoms with van der Waals surface area (Å²) in [5.41, 5.74) is 6.27. The first-order valence-corrected chi connectivity index (χ1v) is 6.86. The molecule has 1 aromatic heterocycles. The Kier molecular flexibility index (Phi) is 4.86. The number of anilines is 1. The number of aromatic nitrogens is 2. The highest BCUT2D eigenvalue weighted by atomic mass is 15.3. The zero-order chi connectivity index (χ0) is 14.5. The van der Waals surface area contributed by atoms with E-state index in [4.69, 9.17) is 11.1 Å². The maximum absolute atomic E-state index is 7.62. The van der Waals surface area contributed by atoms with Crippen LogP contribution in [0.3, 0.4) is 0 Å². The summed E-state index contributed by atoms with van der Waals surface area (Å²) in [6.45, 7) is 5.95. The van der Waals surface area contributed by atoms with Crippen LogP contribution in [0.5, 0.6) is 0 Å². The lowest BCUT2D eigenvalue weighted by Crippen LogP contribution is -2.48. The van der Waals surface area contributed by atoms with Crippen molar-refractivity contribution in [2.75, 3.05) is 58.3 Å². The average molecular weight is 277 g/mol. The lowest BCUT2D eigenvalue weighted by molar-refractivity contribution is 0.229. The minimum Gasteiger partial charge on any atom is -0.384 e. The van der Waals surface area contributed by atoms with Crippen LogP contribution < -0.4 is 10.6 Å². The fourth-order valence-corrected chi connectivity index (χ4v) is 2.29. The van der Waals surface area contributed by atoms with Crippen LogP contribution in [0, 0.1) is 5.41 Å². The van der Waals surface area contributed by atoms with Gasteiger partial charge in [-0.1, -0.05) is 0 Å². The summed E-state index contributed by atoms with van der Waals surface area (Å²) in [5, 5.41) is 15.7. The van der Waals surface area contributed by atoms with Gasteiger partial charge in [-0.3, -0.25) is 10.3 Å². The smallest absolute Gasteiger partial charge is 0.162 e. The van der Waals surface area contributed by atoms with Gasteiger partial charge in [0.25, 0.3) is 0 Å². The summed E-state index contributed by atoms with van der Waals surface area (Å²) >= 11 is 0. The van der Waals surface area contributed by atoms with Gasteiger partial charge in [-0.15, -0.1) is 5.10 Å². The summed E-state index contributed by atoms with van der Waals surface area (Å²) in [4.78, 5) is 6.80. The highest BCUT2D eigenvalue weighted by Crippen LogP contribution is 2.17. The number of nitrogen functional groups attached to an aromatic ring is 1. The van der Waals surface area contributed by atoms with Gasteiger partial charge in [0.05, 0.1) is 11.8 Å². The van der Waals surface area contributed by atoms with E-state index in [0.717, 1.165) is 45.1 Å². The van der Waals surface area contributed by atoms with Crippen LogP contribution in [0.25, 0.3) is 0 Å². The lowest BCUT2D eigenvalue weighted by Gasteiger charge is -2.36. The van der Waals surface area contributed by atoms with Crippen molar-refractivity contribution in [2.45, 2.75) is 0 Å². The van der Waals surface area contributed by atoms with Crippen molar-refractivity contribution in [1.29, 1.82) is 5.41 Å². The average Bonchev–Trinajstić information content (AvgIpc) is 2.45. The SMILES string of the molecule is CN(C)CCN1CCN(c2nnccc2C(=N)N)CC1. The predicted molar refractivity (Wildman–Crippen MR) is 80.3 cm³/mol. The van der Waals surface area contributed by atoms with Crippen LogP contribution in [-0.4, -0.2) is 79.2 Å². The molecule has 2 heterocycles. The number of nitrogens with one attached hydrogen (secondary N) is 1. The summed E-state index contributed by atoms with van der Waals surface area (Å²) in [7, 11) is 4.18. The molecule has 1 saturated heterocycles. The van der Waals surface area contributed by atoms with Crippen LogP contribution in [0.4, 0.5) is 5.82 Å². The molecule has 0 bridgehead atoms. The second-order valence-corrected chi connectivity index (χ2v) is 5.31. The van der Waals surface area contributed by atoms with Gasteiger partial charge in [0.1, 0.15) is 5.84 Å². The van der Waals surface area contributed by atoms with E-state index < -0.39 is 0 Å². The van der Waals surface area contributed by atoms with Crippen molar-refractivity contribution in [1.82, 2.24) is 20.0 Å². The third-order valence-corrected chi connectivity index (χ3v) is 3.53. The molecule has 0 aliphatic carbocycles. The molecule has 0 saturated carbocycles. The van der Waals surface area contributed by atoms with E-state index >= 15 is 0 Å². The maximum Gasteiger partial charge on any atom is 0.162 e. The minimum absolute atomic E-state index is 0.0462. The van der Waals surface area contributed by atoms with Gasteiger partial charge in [0.2, 0.25) is 0 Å². The summed E-state index contributed by atoms with van der Waals surface area (Å²) < 4.78 is 0. The number of nitrogens with zero attached hydrogens (tertiary/aromatic N) is 5. The molecule has 1 aromatic rings. The number of hydrogen-bond donors (Lipinski definition) is 2. The maximum atomic E-state index is 7.62. The molecule has 0 amide bonds. The quantitative estimate of drug-likeness (QED) is 0.554. The Morgan fingerprint density at radius 2 is 2.05 bits per heavy atom. The Bertz CT molecular complexity index is 452. The Balaban J connectivity index is 1.95. The van der Waals surface area contributed by atoms with Gasteiger partial charge in [-0.05, 0) is 20.2 Å². The molecule has 7 heteroatoms. The molecule has 7 nitrogen and oxygen atoms in total. The largest absolute Gasteiger partial charge is 0.384 e. The van der Waals surface area contributed by atoms with Crippen LogP contribution in [0.1, 0.15) is 5.56 Å². The molecule has 3 N–H and O–H groups in total. The van der Waals surface area contributed by atoms with Gasteiger partial charge in [0.15, 0.2) is 5.82 Å². The number of piperazine rings is 1. The van der Waals surface area contributed by atoms with Crippen molar-refractivity contribution < 1.29 is 0 Å². The number of amidine groups is 1. The van der Waals surface area contributed by atoms with Crippen molar-refractivity contribution >= 4 is 11.7 Å². The molecular formula is C13H23N7. The first-order chi connectivity index (χ1) is 9.58. The molecule has 2 rings (SSSR count). The van der Waals surface area contributed by atoms with E-state index in [1.807, 2.05) is 0 Å². The van der Waals surface area contributed by atoms with Gasteiger partial charge in [0, 0.05) is 39.3 Å². The van der Waals surface area contributed by atoms with Crippen molar-refractivity contribution in [3.8, 4) is 0 Å². The standard InChI is InChI=1S/C13H23N7/c1-18(2)5-6-19-7-9-20(10-8-19)13-11(12(14)15)3-4-16-17-13/h3-4H,5-10H2,1-2H3,(H3,14,15). The molecule has 0 radical (unpaired) electrons. The highest BCUT2D eigenvalue weighted by Gasteiger charge is 2.21. The Labute approximate surface area is 119 Å². The lowest BCUT2D eigenvalue weighted by atomic mass is 10.2. The van der Waals surface area contributed by atoms with E-state index in [2.05, 4.69) is 39.0 Å². The second kappa shape index (κ2) is 6.62. The van der Waals surface area contributed by atoms with Gasteiger partial charge in [-0.25, -0.2) is 0 Å². The summed E-state index contributed by atoms with van der Waals surface area (Å²) in [5.74, 6) is 0.775. The van der Waals surface area contributed by atoms with Crippen LogP contribution in [0.2, 0.25) is 0 Å². The Morgan fingerprint density at radius 1 is 1.35 bits per heavy atom. The third kappa shape index (κ3) is 3.64. The molecule has 1 fully saturated rings. The molecule has 0 atom stereocenters. The molecule has 1 aliphatic rings. The molecular weight excluding hydrogens is 254 g/mol. The Morgan fingerprint density at radius 3 is 2.65 bits per heavy atom. The zero-order valence-electron chi connectivity index (χ0n) is 12.2. The van der Waals surface area contributed by atoms with E-state index in [1.54, 1.807) is 12.3 Å². The van der Waals surface area contributed by atoms with E-state index in [1.165, 1.54) is 0 Å². The zero-order valence-corrected chi connectivity index (χ0v) is 12.2. The molecule has 0 aromatic carbocycles. The minimum atomic E-state index is 0.0462. The monoisotopic (exact) mass is 277 g/mol. The van der Waals surface area contributed by atoms with Gasteiger partial charge < -0.3 is 15.5 Å². The van der Waals surface area contributed by atoms with E-state index in [9.17, 15) is 0 Å². The first-order valence-electron chi connectivity index (χ1n) is 6.86. The van der Waals surface area contributed by atoms with E-state index in [0.29, 0.717) is 5.56 Å². The van der Waals surface area contributed by atoms with Gasteiger partial charge in [-0.2, -0.15) is 5.10 Å². The number of hydrogen-bond acceptors (Lipinski definition) is 6. The van der Waals surface area contributed by atoms with Crippen molar-refractivity contribution in [2.24, 2.45) is 5.73 Å². The molecule has 110 valence electrons. The molecule has 0 unspecified atom stereocenters. The van der Waals surface area contributed by atoms with E-state index in [-0.39, 0.29) is 5.84 Å². The fourth-order valence-electron chi connectivity index (χ4n) is 2.29. The number of nitrogens with two attached hydrogens (primary N) is 1. The van der Waals surface area contributed by atoms with Crippen molar-refractivity contribution in [3.05, 3.63) is 17.8 Å². The fraction of sp³-hybridized carbons (Fsp3) is 0.615. The Hall–Kier alpha value is -1.73. The first kappa shape index (κ1) is 14.7. The molecule has 20 heavy (non-hydrogen) atoms. The highest BCUT2D eigenvalue weighted by molar-refractivity contribution is 5.99. The third-order valence-electron chi connectivity index (χ3n) is 3.53. The van der Waals surface area contributed by atoms with Gasteiger partial charge >= 0.3 is 0 Å². The molecule has 0 spiro atoms. The normalized spacial score (nSPS) is 16.6. The van der Waals surface area contributed by atoms with Crippen LogP contribution >= 0.6 is 0 Å². The topological polar surface area (TPSA) is 85.4 Å². The second-order valence-electron chi connectivity index (χ2n) is 5.31. The predicted octanol–water partition coefficient (Wildman–Crippen LogP) is -0.556.